The van der Waals surface area contributed by atoms with E-state index in [1.54, 1.807) is 25.3 Å². The number of nitrogens with zero attached hydrogens (tertiary/aromatic N) is 2. The minimum absolute atomic E-state index is 0.127. The maximum atomic E-state index is 12.6. The second-order valence-corrected chi connectivity index (χ2v) is 4.92. The summed E-state index contributed by atoms with van der Waals surface area (Å²) >= 11 is 0. The van der Waals surface area contributed by atoms with Crippen molar-refractivity contribution in [1.29, 1.82) is 0 Å². The number of aliphatic hydroxyl groups excluding tert-OH is 1. The van der Waals surface area contributed by atoms with Crippen molar-refractivity contribution in [2.75, 3.05) is 18.0 Å². The summed E-state index contributed by atoms with van der Waals surface area (Å²) in [4.78, 5) is 6.01. The minimum Gasteiger partial charge on any atom is -0.387 e. The van der Waals surface area contributed by atoms with Gasteiger partial charge in [-0.1, -0.05) is 0 Å². The van der Waals surface area contributed by atoms with Crippen molar-refractivity contribution in [2.45, 2.75) is 32.0 Å². The minimum atomic E-state index is -4.08. The summed E-state index contributed by atoms with van der Waals surface area (Å²) in [5.74, 6) is -1.19. The van der Waals surface area contributed by atoms with Gasteiger partial charge in [-0.25, -0.2) is 0 Å². The molecule has 0 saturated carbocycles. The Bertz CT molecular complexity index is 409. The molecule has 1 aliphatic rings. The standard InChI is InChI=1S/C13H17F3N2O/c1-9(19)12-3-2-11(8-17-12)18-6-4-10(5-7-18)13(14,15)16/h2-3,8-10,19H,4-7H2,1H3. The van der Waals surface area contributed by atoms with Gasteiger partial charge in [0.25, 0.3) is 0 Å². The number of piperidine rings is 1. The van der Waals surface area contributed by atoms with Gasteiger partial charge >= 0.3 is 6.18 Å². The molecule has 0 amide bonds. The van der Waals surface area contributed by atoms with Crippen molar-refractivity contribution in [3.63, 3.8) is 0 Å². The highest BCUT2D eigenvalue weighted by Crippen LogP contribution is 2.35. The molecule has 1 aromatic heterocycles. The molecule has 0 spiro atoms. The molecule has 19 heavy (non-hydrogen) atoms. The summed E-state index contributed by atoms with van der Waals surface area (Å²) in [6, 6.07) is 3.50. The van der Waals surface area contributed by atoms with Crippen LogP contribution in [0.25, 0.3) is 0 Å². The first-order valence-electron chi connectivity index (χ1n) is 6.33. The van der Waals surface area contributed by atoms with Crippen LogP contribution in [0.4, 0.5) is 18.9 Å². The number of anilines is 1. The Morgan fingerprint density at radius 1 is 1.32 bits per heavy atom. The van der Waals surface area contributed by atoms with Crippen molar-refractivity contribution in [1.82, 2.24) is 4.98 Å². The van der Waals surface area contributed by atoms with E-state index in [-0.39, 0.29) is 12.8 Å². The fourth-order valence-corrected chi connectivity index (χ4v) is 2.30. The molecule has 1 saturated heterocycles. The lowest BCUT2D eigenvalue weighted by molar-refractivity contribution is -0.179. The monoisotopic (exact) mass is 274 g/mol. The summed E-state index contributed by atoms with van der Waals surface area (Å²) in [5.41, 5.74) is 1.37. The van der Waals surface area contributed by atoms with Crippen LogP contribution in [-0.2, 0) is 0 Å². The van der Waals surface area contributed by atoms with Gasteiger partial charge in [0, 0.05) is 13.1 Å². The van der Waals surface area contributed by atoms with Gasteiger partial charge < -0.3 is 10.0 Å². The third-order valence-corrected chi connectivity index (χ3v) is 3.52. The molecule has 1 fully saturated rings. The van der Waals surface area contributed by atoms with Gasteiger partial charge in [0.2, 0.25) is 0 Å². The second-order valence-electron chi connectivity index (χ2n) is 4.92. The smallest absolute Gasteiger partial charge is 0.387 e. The van der Waals surface area contributed by atoms with Crippen molar-refractivity contribution in [2.24, 2.45) is 5.92 Å². The molecule has 6 heteroatoms. The van der Waals surface area contributed by atoms with Gasteiger partial charge in [-0.15, -0.1) is 0 Å². The Hall–Kier alpha value is -1.30. The van der Waals surface area contributed by atoms with E-state index in [4.69, 9.17) is 0 Å². The topological polar surface area (TPSA) is 36.4 Å². The largest absolute Gasteiger partial charge is 0.391 e. The van der Waals surface area contributed by atoms with Crippen LogP contribution in [0.2, 0.25) is 0 Å². The van der Waals surface area contributed by atoms with Crippen molar-refractivity contribution < 1.29 is 18.3 Å². The Labute approximate surface area is 110 Å². The number of halogens is 3. The van der Waals surface area contributed by atoms with E-state index in [0.717, 1.165) is 5.69 Å². The predicted octanol–water partition coefficient (Wildman–Crippen LogP) is 2.91. The summed E-state index contributed by atoms with van der Waals surface area (Å²) in [5, 5.41) is 9.35. The highest BCUT2D eigenvalue weighted by atomic mass is 19.4. The van der Waals surface area contributed by atoms with E-state index in [9.17, 15) is 18.3 Å². The lowest BCUT2D eigenvalue weighted by Gasteiger charge is -2.34. The van der Waals surface area contributed by atoms with E-state index in [0.29, 0.717) is 18.8 Å². The number of aliphatic hydroxyl groups is 1. The molecular formula is C13H17F3N2O. The number of pyridine rings is 1. The third-order valence-electron chi connectivity index (χ3n) is 3.52. The lowest BCUT2D eigenvalue weighted by Crippen LogP contribution is -2.39. The zero-order valence-corrected chi connectivity index (χ0v) is 10.7. The Kier molecular flexibility index (Phi) is 3.99. The van der Waals surface area contributed by atoms with Crippen LogP contribution in [0.3, 0.4) is 0 Å². The second kappa shape index (κ2) is 5.36. The van der Waals surface area contributed by atoms with Gasteiger partial charge in [0.1, 0.15) is 0 Å². The van der Waals surface area contributed by atoms with Crippen molar-refractivity contribution >= 4 is 5.69 Å². The molecule has 1 atom stereocenters. The number of alkyl halides is 3. The van der Waals surface area contributed by atoms with Crippen LogP contribution in [0.5, 0.6) is 0 Å². The first kappa shape index (κ1) is 14.1. The van der Waals surface area contributed by atoms with Crippen LogP contribution in [0.15, 0.2) is 18.3 Å². The van der Waals surface area contributed by atoms with Gasteiger partial charge in [-0.3, -0.25) is 4.98 Å². The molecule has 0 radical (unpaired) electrons. The molecule has 0 aromatic carbocycles. The van der Waals surface area contributed by atoms with Crippen LogP contribution in [0, 0.1) is 5.92 Å². The molecule has 2 rings (SSSR count). The predicted molar refractivity (Wildman–Crippen MR) is 65.9 cm³/mol. The van der Waals surface area contributed by atoms with Gasteiger partial charge in [-0.2, -0.15) is 13.2 Å². The molecule has 3 nitrogen and oxygen atoms in total. The van der Waals surface area contributed by atoms with E-state index in [1.165, 1.54) is 0 Å². The highest BCUT2D eigenvalue weighted by Gasteiger charge is 2.41. The maximum Gasteiger partial charge on any atom is 0.391 e. The van der Waals surface area contributed by atoms with E-state index < -0.39 is 18.2 Å². The summed E-state index contributed by atoms with van der Waals surface area (Å²) in [7, 11) is 0. The molecule has 106 valence electrons. The fraction of sp³-hybridized carbons (Fsp3) is 0.615. The zero-order chi connectivity index (χ0) is 14.0. The highest BCUT2D eigenvalue weighted by molar-refractivity contribution is 5.45. The quantitative estimate of drug-likeness (QED) is 0.900. The summed E-state index contributed by atoms with van der Waals surface area (Å²) in [6.07, 6.45) is -2.86. The Morgan fingerprint density at radius 2 is 1.95 bits per heavy atom. The van der Waals surface area contributed by atoms with Gasteiger partial charge in [-0.05, 0) is 31.9 Å². The first-order chi connectivity index (χ1) is 8.88. The molecule has 0 bridgehead atoms. The van der Waals surface area contributed by atoms with Crippen LogP contribution in [-0.4, -0.2) is 29.4 Å². The molecule has 2 heterocycles. The SMILES string of the molecule is CC(O)c1ccc(N2CCC(C(F)(F)F)CC2)cn1. The van der Waals surface area contributed by atoms with Crippen molar-refractivity contribution in [3.05, 3.63) is 24.0 Å². The van der Waals surface area contributed by atoms with Crippen LogP contribution < -0.4 is 4.90 Å². The van der Waals surface area contributed by atoms with Gasteiger partial charge in [0.05, 0.1) is 29.6 Å². The maximum absolute atomic E-state index is 12.6. The number of aromatic nitrogens is 1. The summed E-state index contributed by atoms with van der Waals surface area (Å²) < 4.78 is 37.7. The van der Waals surface area contributed by atoms with E-state index in [2.05, 4.69) is 4.98 Å². The summed E-state index contributed by atoms with van der Waals surface area (Å²) in [6.45, 7) is 2.40. The Balaban J connectivity index is 1.98. The van der Waals surface area contributed by atoms with Crippen LogP contribution >= 0.6 is 0 Å². The zero-order valence-electron chi connectivity index (χ0n) is 10.7. The van der Waals surface area contributed by atoms with Crippen LogP contribution in [0.1, 0.15) is 31.6 Å². The lowest BCUT2D eigenvalue weighted by atomic mass is 9.96. The molecule has 1 aromatic rings. The number of rotatable bonds is 2. The fourth-order valence-electron chi connectivity index (χ4n) is 2.30. The molecular weight excluding hydrogens is 257 g/mol. The average Bonchev–Trinajstić information content (AvgIpc) is 2.38. The molecule has 0 aliphatic carbocycles. The van der Waals surface area contributed by atoms with Gasteiger partial charge in [0.15, 0.2) is 0 Å². The molecule has 1 unspecified atom stereocenters. The Morgan fingerprint density at radius 3 is 2.37 bits per heavy atom. The molecule has 1 N–H and O–H groups in total. The van der Waals surface area contributed by atoms with E-state index >= 15 is 0 Å². The van der Waals surface area contributed by atoms with E-state index in [1.807, 2.05) is 4.90 Å². The van der Waals surface area contributed by atoms with Crippen molar-refractivity contribution in [3.8, 4) is 0 Å². The number of hydrogen-bond acceptors (Lipinski definition) is 3. The normalized spacial score (nSPS) is 19.5. The number of hydrogen-bond donors (Lipinski definition) is 1. The first-order valence-corrected chi connectivity index (χ1v) is 6.33. The molecule has 1 aliphatic heterocycles. The third kappa shape index (κ3) is 3.37. The average molecular weight is 274 g/mol.